The van der Waals surface area contributed by atoms with E-state index in [0.29, 0.717) is 12.5 Å². The molecule has 0 aromatic heterocycles. The molecule has 1 aliphatic heterocycles. The molecule has 18 heavy (non-hydrogen) atoms. The molecule has 1 aromatic carbocycles. The van der Waals surface area contributed by atoms with Gasteiger partial charge in [-0.1, -0.05) is 6.07 Å². The average Bonchev–Trinajstić information content (AvgIpc) is 2.83. The van der Waals surface area contributed by atoms with Crippen molar-refractivity contribution in [3.05, 3.63) is 23.8 Å². The molecule has 100 valence electrons. The highest BCUT2D eigenvalue weighted by Crippen LogP contribution is 2.39. The Kier molecular flexibility index (Phi) is 4.09. The minimum absolute atomic E-state index is 0.124. The van der Waals surface area contributed by atoms with Crippen LogP contribution in [0.25, 0.3) is 0 Å². The first-order valence-corrected chi connectivity index (χ1v) is 6.25. The molecule has 0 saturated carbocycles. The van der Waals surface area contributed by atoms with Gasteiger partial charge in [-0.15, -0.1) is 0 Å². The summed E-state index contributed by atoms with van der Waals surface area (Å²) in [4.78, 5) is 0. The lowest BCUT2D eigenvalue weighted by Crippen LogP contribution is -2.23. The molecule has 1 aliphatic rings. The Hall–Kier alpha value is -1.26. The van der Waals surface area contributed by atoms with Gasteiger partial charge in [0.05, 0.1) is 32.5 Å². The maximum absolute atomic E-state index is 6.38. The van der Waals surface area contributed by atoms with Gasteiger partial charge in [-0.3, -0.25) is 0 Å². The summed E-state index contributed by atoms with van der Waals surface area (Å²) in [5.74, 6) is 1.87. The number of rotatable bonds is 4. The van der Waals surface area contributed by atoms with Crippen LogP contribution in [0, 0.1) is 5.92 Å². The topological polar surface area (TPSA) is 53.7 Å². The second kappa shape index (κ2) is 5.59. The highest BCUT2D eigenvalue weighted by molar-refractivity contribution is 5.47. The van der Waals surface area contributed by atoms with E-state index in [1.165, 1.54) is 0 Å². The van der Waals surface area contributed by atoms with Crippen LogP contribution < -0.4 is 15.2 Å². The van der Waals surface area contributed by atoms with Gasteiger partial charge in [0.25, 0.3) is 0 Å². The minimum atomic E-state index is -0.124. The average molecular weight is 251 g/mol. The first kappa shape index (κ1) is 13.2. The number of hydrogen-bond acceptors (Lipinski definition) is 4. The van der Waals surface area contributed by atoms with E-state index in [2.05, 4.69) is 6.92 Å². The van der Waals surface area contributed by atoms with E-state index < -0.39 is 0 Å². The zero-order valence-electron chi connectivity index (χ0n) is 11.2. The Morgan fingerprint density at radius 1 is 1.28 bits per heavy atom. The maximum atomic E-state index is 6.38. The largest absolute Gasteiger partial charge is 0.496 e. The zero-order valence-corrected chi connectivity index (χ0v) is 11.2. The summed E-state index contributed by atoms with van der Waals surface area (Å²) < 4.78 is 16.4. The predicted octanol–water partition coefficient (Wildman–Crippen LogP) is 2.13. The summed E-state index contributed by atoms with van der Waals surface area (Å²) in [6.07, 6.45) is 1.25. The molecule has 2 N–H and O–H groups in total. The van der Waals surface area contributed by atoms with Gasteiger partial charge in [-0.2, -0.15) is 0 Å². The summed E-state index contributed by atoms with van der Waals surface area (Å²) in [5, 5.41) is 0. The van der Waals surface area contributed by atoms with E-state index >= 15 is 0 Å². The van der Waals surface area contributed by atoms with E-state index in [-0.39, 0.29) is 12.1 Å². The normalized spacial score (nSPS) is 24.9. The van der Waals surface area contributed by atoms with Gasteiger partial charge in [-0.05, 0) is 25.5 Å². The third-order valence-corrected chi connectivity index (χ3v) is 3.54. The molecule has 1 fully saturated rings. The molecular weight excluding hydrogens is 230 g/mol. The molecule has 0 radical (unpaired) electrons. The molecule has 1 heterocycles. The Labute approximate surface area is 108 Å². The van der Waals surface area contributed by atoms with Crippen molar-refractivity contribution in [1.29, 1.82) is 0 Å². The van der Waals surface area contributed by atoms with Crippen LogP contribution >= 0.6 is 0 Å². The highest BCUT2D eigenvalue weighted by atomic mass is 16.5. The van der Waals surface area contributed by atoms with E-state index in [1.807, 2.05) is 18.2 Å². The van der Waals surface area contributed by atoms with E-state index in [9.17, 15) is 0 Å². The monoisotopic (exact) mass is 251 g/mol. The number of ether oxygens (including phenoxy) is 3. The van der Waals surface area contributed by atoms with Gasteiger partial charge in [0.15, 0.2) is 0 Å². The van der Waals surface area contributed by atoms with Gasteiger partial charge in [0.1, 0.15) is 11.5 Å². The summed E-state index contributed by atoms with van der Waals surface area (Å²) in [5.41, 5.74) is 7.31. The van der Waals surface area contributed by atoms with Crippen molar-refractivity contribution in [2.45, 2.75) is 25.5 Å². The van der Waals surface area contributed by atoms with Crippen LogP contribution in [0.4, 0.5) is 0 Å². The summed E-state index contributed by atoms with van der Waals surface area (Å²) >= 11 is 0. The summed E-state index contributed by atoms with van der Waals surface area (Å²) in [7, 11) is 3.30. The summed E-state index contributed by atoms with van der Waals surface area (Å²) in [6, 6.07) is 5.61. The third-order valence-electron chi connectivity index (χ3n) is 3.54. The zero-order chi connectivity index (χ0) is 13.1. The van der Waals surface area contributed by atoms with Crippen LogP contribution in [0.3, 0.4) is 0 Å². The van der Waals surface area contributed by atoms with Crippen LogP contribution in [0.15, 0.2) is 18.2 Å². The fourth-order valence-corrected chi connectivity index (χ4v) is 2.54. The van der Waals surface area contributed by atoms with E-state index in [1.54, 1.807) is 14.2 Å². The molecule has 0 amide bonds. The van der Waals surface area contributed by atoms with Gasteiger partial charge in [-0.25, -0.2) is 0 Å². The number of methoxy groups -OCH3 is 2. The van der Waals surface area contributed by atoms with Crippen molar-refractivity contribution in [2.24, 2.45) is 11.7 Å². The van der Waals surface area contributed by atoms with Gasteiger partial charge in [0.2, 0.25) is 0 Å². The Morgan fingerprint density at radius 3 is 2.33 bits per heavy atom. The lowest BCUT2D eigenvalue weighted by molar-refractivity contribution is 0.118. The lowest BCUT2D eigenvalue weighted by Gasteiger charge is -2.22. The molecule has 4 nitrogen and oxygen atoms in total. The third kappa shape index (κ3) is 2.44. The molecule has 3 unspecified atom stereocenters. The second-order valence-electron chi connectivity index (χ2n) is 4.74. The van der Waals surface area contributed by atoms with Gasteiger partial charge < -0.3 is 19.9 Å². The van der Waals surface area contributed by atoms with Crippen LogP contribution in [-0.2, 0) is 4.74 Å². The molecule has 0 bridgehead atoms. The number of benzene rings is 1. The highest BCUT2D eigenvalue weighted by Gasteiger charge is 2.31. The molecule has 3 atom stereocenters. The second-order valence-corrected chi connectivity index (χ2v) is 4.74. The lowest BCUT2D eigenvalue weighted by atomic mass is 9.90. The SMILES string of the molecule is COc1cccc(OC)c1C(N)C1COC(C)C1. The van der Waals surface area contributed by atoms with Crippen molar-refractivity contribution in [3.63, 3.8) is 0 Å². The predicted molar refractivity (Wildman–Crippen MR) is 70.0 cm³/mol. The van der Waals surface area contributed by atoms with Crippen LogP contribution in [-0.4, -0.2) is 26.9 Å². The maximum Gasteiger partial charge on any atom is 0.127 e. The Bertz CT molecular complexity index is 386. The quantitative estimate of drug-likeness (QED) is 0.890. The summed E-state index contributed by atoms with van der Waals surface area (Å²) in [6.45, 7) is 2.77. The Balaban J connectivity index is 2.30. The molecule has 4 heteroatoms. The molecule has 1 saturated heterocycles. The standard InChI is InChI=1S/C14H21NO3/c1-9-7-10(8-18-9)14(15)13-11(16-2)5-4-6-12(13)17-3/h4-6,9-10,14H,7-8,15H2,1-3H3. The first-order chi connectivity index (χ1) is 8.67. The smallest absolute Gasteiger partial charge is 0.127 e. The van der Waals surface area contributed by atoms with Crippen LogP contribution in [0.1, 0.15) is 24.9 Å². The van der Waals surface area contributed by atoms with Crippen molar-refractivity contribution in [1.82, 2.24) is 0 Å². The van der Waals surface area contributed by atoms with E-state index in [0.717, 1.165) is 23.5 Å². The van der Waals surface area contributed by atoms with E-state index in [4.69, 9.17) is 19.9 Å². The fraction of sp³-hybridized carbons (Fsp3) is 0.571. The van der Waals surface area contributed by atoms with Crippen LogP contribution in [0.5, 0.6) is 11.5 Å². The van der Waals surface area contributed by atoms with Crippen molar-refractivity contribution in [3.8, 4) is 11.5 Å². The van der Waals surface area contributed by atoms with Gasteiger partial charge >= 0.3 is 0 Å². The number of nitrogens with two attached hydrogens (primary N) is 1. The van der Waals surface area contributed by atoms with Crippen molar-refractivity contribution in [2.75, 3.05) is 20.8 Å². The fourth-order valence-electron chi connectivity index (χ4n) is 2.54. The first-order valence-electron chi connectivity index (χ1n) is 6.25. The molecule has 0 spiro atoms. The minimum Gasteiger partial charge on any atom is -0.496 e. The van der Waals surface area contributed by atoms with Crippen molar-refractivity contribution < 1.29 is 14.2 Å². The number of hydrogen-bond donors (Lipinski definition) is 1. The molecule has 1 aromatic rings. The molecule has 2 rings (SSSR count). The van der Waals surface area contributed by atoms with Crippen molar-refractivity contribution >= 4 is 0 Å². The molecular formula is C14H21NO3. The Morgan fingerprint density at radius 2 is 1.89 bits per heavy atom. The molecule has 0 aliphatic carbocycles. The van der Waals surface area contributed by atoms with Gasteiger partial charge in [0, 0.05) is 12.0 Å². The van der Waals surface area contributed by atoms with Crippen LogP contribution in [0.2, 0.25) is 0 Å².